The molecule has 3 aromatic rings. The molecule has 1 N–H and O–H groups in total. The lowest BCUT2D eigenvalue weighted by atomic mass is 10.0. The fourth-order valence-corrected chi connectivity index (χ4v) is 5.14. The molecule has 0 saturated heterocycles. The summed E-state index contributed by atoms with van der Waals surface area (Å²) in [4.78, 5) is 4.62. The zero-order valence-electron chi connectivity index (χ0n) is 14.3. The largest absolute Gasteiger partial charge is 0.239 e. The first kappa shape index (κ1) is 18.5. The van der Waals surface area contributed by atoms with E-state index in [4.69, 9.17) is 5.26 Å². The maximum atomic E-state index is 12.4. The normalized spacial score (nSPS) is 12.8. The lowest BCUT2D eigenvalue weighted by Crippen LogP contribution is -2.31. The van der Waals surface area contributed by atoms with Crippen LogP contribution >= 0.6 is 11.3 Å². The molecule has 0 aliphatic heterocycles. The number of hydrogen-bond acceptors (Lipinski definition) is 5. The topological polar surface area (TPSA) is 82.9 Å². The summed E-state index contributed by atoms with van der Waals surface area (Å²) in [6.07, 6.45) is 0.990. The highest BCUT2D eigenvalue weighted by atomic mass is 32.2. The molecule has 1 aromatic heterocycles. The molecular formula is C19H19N3O2S2. The predicted octanol–water partition coefficient (Wildman–Crippen LogP) is 3.78. The number of nitrogens with one attached hydrogen (secondary N) is 1. The molecule has 0 radical (unpaired) electrons. The maximum Gasteiger partial charge on any atom is 0.212 e. The second-order valence-corrected chi connectivity index (χ2v) is 8.96. The monoisotopic (exact) mass is 385 g/mol. The number of para-hydroxylation sites is 1. The van der Waals surface area contributed by atoms with Crippen molar-refractivity contribution in [3.05, 3.63) is 64.7 Å². The number of fused-ring (bicyclic) bond motifs is 1. The molecule has 0 bridgehead atoms. The van der Waals surface area contributed by atoms with Gasteiger partial charge in [-0.15, -0.1) is 11.3 Å². The van der Waals surface area contributed by atoms with Crippen molar-refractivity contribution in [1.82, 2.24) is 9.71 Å². The Morgan fingerprint density at radius 3 is 2.77 bits per heavy atom. The molecule has 0 aliphatic carbocycles. The van der Waals surface area contributed by atoms with Gasteiger partial charge in [0.05, 0.1) is 33.6 Å². The van der Waals surface area contributed by atoms with Crippen molar-refractivity contribution in [2.75, 3.05) is 5.75 Å². The highest BCUT2D eigenvalue weighted by Crippen LogP contribution is 2.29. The number of nitrogens with zero attached hydrogens (tertiary/aromatic N) is 2. The summed E-state index contributed by atoms with van der Waals surface area (Å²) in [5, 5.41) is 9.82. The fraction of sp³-hybridized carbons (Fsp3) is 0.263. The van der Waals surface area contributed by atoms with Gasteiger partial charge in [0.15, 0.2) is 0 Å². The van der Waals surface area contributed by atoms with Crippen LogP contribution in [0.5, 0.6) is 0 Å². The van der Waals surface area contributed by atoms with Crippen molar-refractivity contribution in [3.63, 3.8) is 0 Å². The number of aromatic nitrogens is 1. The molecule has 26 heavy (non-hydrogen) atoms. The van der Waals surface area contributed by atoms with Gasteiger partial charge < -0.3 is 0 Å². The Morgan fingerprint density at radius 2 is 2.04 bits per heavy atom. The van der Waals surface area contributed by atoms with Crippen LogP contribution in [0.25, 0.3) is 10.2 Å². The predicted molar refractivity (Wildman–Crippen MR) is 104 cm³/mol. The van der Waals surface area contributed by atoms with E-state index in [1.54, 1.807) is 12.1 Å². The summed E-state index contributed by atoms with van der Waals surface area (Å²) in [5.41, 5.74) is 2.31. The van der Waals surface area contributed by atoms with Crippen LogP contribution in [0.4, 0.5) is 0 Å². The molecule has 0 spiro atoms. The molecule has 0 fully saturated rings. The Hall–Kier alpha value is -2.27. The van der Waals surface area contributed by atoms with Crippen LogP contribution in [0, 0.1) is 11.3 Å². The van der Waals surface area contributed by atoms with Gasteiger partial charge in [0.2, 0.25) is 10.0 Å². The molecule has 5 nitrogen and oxygen atoms in total. The van der Waals surface area contributed by atoms with Crippen molar-refractivity contribution in [2.45, 2.75) is 25.8 Å². The zero-order valence-corrected chi connectivity index (χ0v) is 16.0. The van der Waals surface area contributed by atoms with E-state index in [1.165, 1.54) is 11.3 Å². The number of hydrogen-bond donors (Lipinski definition) is 1. The van der Waals surface area contributed by atoms with Crippen molar-refractivity contribution < 1.29 is 8.42 Å². The van der Waals surface area contributed by atoms with Crippen molar-refractivity contribution in [2.24, 2.45) is 0 Å². The first-order valence-electron chi connectivity index (χ1n) is 8.35. The smallest absolute Gasteiger partial charge is 0.212 e. The Morgan fingerprint density at radius 1 is 1.23 bits per heavy atom. The van der Waals surface area contributed by atoms with Gasteiger partial charge in [0.1, 0.15) is 5.01 Å². The van der Waals surface area contributed by atoms with E-state index in [2.05, 4.69) is 15.8 Å². The van der Waals surface area contributed by atoms with Gasteiger partial charge in [-0.1, -0.05) is 31.2 Å². The summed E-state index contributed by atoms with van der Waals surface area (Å²) in [7, 11) is -3.40. The first-order chi connectivity index (χ1) is 12.5. The minimum absolute atomic E-state index is 0.0760. The van der Waals surface area contributed by atoms with Crippen molar-refractivity contribution in [3.8, 4) is 6.07 Å². The lowest BCUT2D eigenvalue weighted by Gasteiger charge is -2.17. The second kappa shape index (κ2) is 7.96. The molecule has 0 aliphatic rings. The highest BCUT2D eigenvalue weighted by Gasteiger charge is 2.22. The molecule has 0 saturated carbocycles. The number of sulfonamides is 1. The van der Waals surface area contributed by atoms with Gasteiger partial charge in [-0.25, -0.2) is 18.1 Å². The van der Waals surface area contributed by atoms with E-state index in [0.29, 0.717) is 18.4 Å². The zero-order chi connectivity index (χ0) is 18.6. The van der Waals surface area contributed by atoms with Gasteiger partial charge >= 0.3 is 0 Å². The van der Waals surface area contributed by atoms with E-state index in [9.17, 15) is 8.42 Å². The standard InChI is InChI=1S/C19H19N3O2S2/c1-2-10-26(23,24)22-17(12-14-6-5-7-15(11-14)13-20)19-21-16-8-3-4-9-18(16)25-19/h3-9,11,17,22H,2,10,12H2,1H3. The van der Waals surface area contributed by atoms with E-state index >= 15 is 0 Å². The number of rotatable bonds is 7. The van der Waals surface area contributed by atoms with Crippen LogP contribution in [-0.4, -0.2) is 19.2 Å². The molecular weight excluding hydrogens is 366 g/mol. The van der Waals surface area contributed by atoms with Crippen LogP contribution in [0.2, 0.25) is 0 Å². The van der Waals surface area contributed by atoms with Crippen molar-refractivity contribution in [1.29, 1.82) is 5.26 Å². The molecule has 7 heteroatoms. The summed E-state index contributed by atoms with van der Waals surface area (Å²) >= 11 is 1.49. The first-order valence-corrected chi connectivity index (χ1v) is 10.8. The minimum Gasteiger partial charge on any atom is -0.239 e. The van der Waals surface area contributed by atoms with Crippen molar-refractivity contribution >= 4 is 31.6 Å². The Bertz CT molecular complexity index is 1020. The third-order valence-corrected chi connectivity index (χ3v) is 6.64. The summed E-state index contributed by atoms with van der Waals surface area (Å²) in [6.45, 7) is 1.84. The summed E-state index contributed by atoms with van der Waals surface area (Å²) in [5.74, 6) is 0.0760. The van der Waals surface area contributed by atoms with Crippen LogP contribution in [0.15, 0.2) is 48.5 Å². The molecule has 134 valence electrons. The Balaban J connectivity index is 1.96. The van der Waals surface area contributed by atoms with E-state index in [1.807, 2.05) is 43.3 Å². The molecule has 0 amide bonds. The van der Waals surface area contributed by atoms with Gasteiger partial charge in [-0.3, -0.25) is 0 Å². The maximum absolute atomic E-state index is 12.4. The number of benzene rings is 2. The van der Waals surface area contributed by atoms with E-state index in [-0.39, 0.29) is 5.75 Å². The average molecular weight is 386 g/mol. The van der Waals surface area contributed by atoms with E-state index in [0.717, 1.165) is 20.8 Å². The van der Waals surface area contributed by atoms with Gasteiger partial charge in [0, 0.05) is 0 Å². The van der Waals surface area contributed by atoms with Gasteiger partial charge in [-0.05, 0) is 42.7 Å². The fourth-order valence-electron chi connectivity index (χ4n) is 2.77. The Labute approximate surface area is 157 Å². The molecule has 3 rings (SSSR count). The van der Waals surface area contributed by atoms with Crippen LogP contribution in [-0.2, 0) is 16.4 Å². The quantitative estimate of drug-likeness (QED) is 0.671. The van der Waals surface area contributed by atoms with E-state index < -0.39 is 16.1 Å². The SMILES string of the molecule is CCCS(=O)(=O)NC(Cc1cccc(C#N)c1)c1nc2ccccc2s1. The number of nitriles is 1. The molecule has 2 aromatic carbocycles. The van der Waals surface area contributed by atoms with Crippen LogP contribution in [0.3, 0.4) is 0 Å². The summed E-state index contributed by atoms with van der Waals surface area (Å²) in [6, 6.07) is 16.6. The third kappa shape index (κ3) is 4.47. The van der Waals surface area contributed by atoms with Gasteiger partial charge in [-0.2, -0.15) is 5.26 Å². The lowest BCUT2D eigenvalue weighted by molar-refractivity contribution is 0.553. The third-order valence-electron chi connectivity index (χ3n) is 3.90. The number of thiazole rings is 1. The average Bonchev–Trinajstić information content (AvgIpc) is 3.05. The minimum atomic E-state index is -3.40. The molecule has 1 unspecified atom stereocenters. The van der Waals surface area contributed by atoms with Gasteiger partial charge in [0.25, 0.3) is 0 Å². The summed E-state index contributed by atoms with van der Waals surface area (Å²) < 4.78 is 28.5. The van der Waals surface area contributed by atoms with Crippen LogP contribution in [0.1, 0.15) is 35.5 Å². The second-order valence-electron chi connectivity index (χ2n) is 6.03. The van der Waals surface area contributed by atoms with Crippen LogP contribution < -0.4 is 4.72 Å². The Kier molecular flexibility index (Phi) is 5.67. The highest BCUT2D eigenvalue weighted by molar-refractivity contribution is 7.89. The molecule has 1 heterocycles. The molecule has 1 atom stereocenters.